The number of carbonyl (C=O) groups is 2. The summed E-state index contributed by atoms with van der Waals surface area (Å²) in [5.41, 5.74) is 0.489. The standard InChI is InChI=1S/C13H19N3O3/c1-16-11(6-7-15-16)12(17)14-8-9-4-2-3-5-10(9)13(18)19/h6-7,9-10H,2-5,8H2,1H3,(H,14,17)(H,18,19). The number of aromatic nitrogens is 2. The first-order valence-electron chi connectivity index (χ1n) is 6.58. The van der Waals surface area contributed by atoms with Gasteiger partial charge in [0.2, 0.25) is 0 Å². The Labute approximate surface area is 111 Å². The fraction of sp³-hybridized carbons (Fsp3) is 0.615. The summed E-state index contributed by atoms with van der Waals surface area (Å²) in [5, 5.41) is 15.9. The molecule has 2 unspecified atom stereocenters. The van der Waals surface area contributed by atoms with Crippen molar-refractivity contribution in [3.63, 3.8) is 0 Å². The van der Waals surface area contributed by atoms with E-state index in [-0.39, 0.29) is 17.7 Å². The highest BCUT2D eigenvalue weighted by atomic mass is 16.4. The number of aliphatic carboxylic acids is 1. The predicted octanol–water partition coefficient (Wildman–Crippen LogP) is 1.04. The van der Waals surface area contributed by atoms with Crippen molar-refractivity contribution in [2.45, 2.75) is 25.7 Å². The van der Waals surface area contributed by atoms with Crippen LogP contribution in [0.2, 0.25) is 0 Å². The Morgan fingerprint density at radius 1 is 1.47 bits per heavy atom. The zero-order chi connectivity index (χ0) is 13.8. The van der Waals surface area contributed by atoms with E-state index in [1.165, 1.54) is 4.68 Å². The van der Waals surface area contributed by atoms with Crippen LogP contribution in [-0.4, -0.2) is 33.3 Å². The van der Waals surface area contributed by atoms with Gasteiger partial charge in [-0.2, -0.15) is 5.10 Å². The molecule has 0 aliphatic heterocycles. The van der Waals surface area contributed by atoms with Gasteiger partial charge >= 0.3 is 5.97 Å². The SMILES string of the molecule is Cn1nccc1C(=O)NCC1CCCCC1C(=O)O. The second-order valence-corrected chi connectivity index (χ2v) is 5.04. The zero-order valence-electron chi connectivity index (χ0n) is 11.0. The second kappa shape index (κ2) is 5.86. The normalized spacial score (nSPS) is 23.0. The molecule has 1 aliphatic carbocycles. The molecule has 6 nitrogen and oxygen atoms in total. The molecule has 2 rings (SSSR count). The van der Waals surface area contributed by atoms with Crippen LogP contribution in [0.4, 0.5) is 0 Å². The minimum Gasteiger partial charge on any atom is -0.481 e. The van der Waals surface area contributed by atoms with E-state index in [9.17, 15) is 14.7 Å². The van der Waals surface area contributed by atoms with Gasteiger partial charge in [0.05, 0.1) is 5.92 Å². The van der Waals surface area contributed by atoms with Crippen LogP contribution in [0.25, 0.3) is 0 Å². The number of carbonyl (C=O) groups excluding carboxylic acids is 1. The first kappa shape index (κ1) is 13.6. The Hall–Kier alpha value is -1.85. The molecule has 6 heteroatoms. The third-order valence-corrected chi connectivity index (χ3v) is 3.80. The summed E-state index contributed by atoms with van der Waals surface area (Å²) in [6.07, 6.45) is 5.14. The lowest BCUT2D eigenvalue weighted by Gasteiger charge is -2.28. The van der Waals surface area contributed by atoms with Crippen LogP contribution in [-0.2, 0) is 11.8 Å². The Kier molecular flexibility index (Phi) is 4.19. The molecule has 0 aromatic carbocycles. The van der Waals surface area contributed by atoms with E-state index >= 15 is 0 Å². The van der Waals surface area contributed by atoms with Crippen molar-refractivity contribution in [2.75, 3.05) is 6.54 Å². The predicted molar refractivity (Wildman–Crippen MR) is 68.6 cm³/mol. The molecule has 0 spiro atoms. The number of carboxylic acids is 1. The van der Waals surface area contributed by atoms with Crippen LogP contribution < -0.4 is 5.32 Å². The van der Waals surface area contributed by atoms with E-state index in [4.69, 9.17) is 0 Å². The van der Waals surface area contributed by atoms with Crippen LogP contribution in [0.15, 0.2) is 12.3 Å². The Morgan fingerprint density at radius 2 is 2.21 bits per heavy atom. The van der Waals surface area contributed by atoms with Crippen molar-refractivity contribution in [1.29, 1.82) is 0 Å². The van der Waals surface area contributed by atoms with Gasteiger partial charge in [0.1, 0.15) is 5.69 Å². The number of aryl methyl sites for hydroxylation is 1. The molecule has 2 atom stereocenters. The largest absolute Gasteiger partial charge is 0.481 e. The lowest BCUT2D eigenvalue weighted by atomic mass is 9.79. The van der Waals surface area contributed by atoms with E-state index in [2.05, 4.69) is 10.4 Å². The first-order chi connectivity index (χ1) is 9.09. The van der Waals surface area contributed by atoms with Crippen molar-refractivity contribution in [3.8, 4) is 0 Å². The van der Waals surface area contributed by atoms with Gasteiger partial charge in [-0.05, 0) is 24.8 Å². The van der Waals surface area contributed by atoms with Crippen molar-refractivity contribution in [1.82, 2.24) is 15.1 Å². The number of nitrogens with zero attached hydrogens (tertiary/aromatic N) is 2. The fourth-order valence-corrected chi connectivity index (χ4v) is 2.69. The minimum atomic E-state index is -0.750. The number of nitrogens with one attached hydrogen (secondary N) is 1. The smallest absolute Gasteiger partial charge is 0.306 e. The maximum atomic E-state index is 11.9. The van der Waals surface area contributed by atoms with Gasteiger partial charge in [-0.1, -0.05) is 12.8 Å². The number of hydrogen-bond acceptors (Lipinski definition) is 3. The summed E-state index contributed by atoms with van der Waals surface area (Å²) in [6, 6.07) is 1.64. The molecule has 19 heavy (non-hydrogen) atoms. The Bertz CT molecular complexity index is 469. The maximum Gasteiger partial charge on any atom is 0.306 e. The summed E-state index contributed by atoms with van der Waals surface area (Å²) < 4.78 is 1.50. The van der Waals surface area contributed by atoms with Gasteiger partial charge in [0, 0.05) is 19.8 Å². The van der Waals surface area contributed by atoms with Crippen LogP contribution in [0.3, 0.4) is 0 Å². The Balaban J connectivity index is 1.92. The molecule has 1 aromatic heterocycles. The molecule has 1 saturated carbocycles. The average Bonchev–Trinajstić information content (AvgIpc) is 2.82. The molecule has 2 N–H and O–H groups in total. The summed E-state index contributed by atoms with van der Waals surface area (Å²) >= 11 is 0. The van der Waals surface area contributed by atoms with Gasteiger partial charge in [0.25, 0.3) is 5.91 Å². The Morgan fingerprint density at radius 3 is 2.84 bits per heavy atom. The molecule has 104 valence electrons. The highest BCUT2D eigenvalue weighted by molar-refractivity contribution is 5.92. The molecule has 0 saturated heterocycles. The van der Waals surface area contributed by atoms with E-state index in [0.29, 0.717) is 18.7 Å². The molecule has 0 bridgehead atoms. The van der Waals surface area contributed by atoms with Crippen LogP contribution in [0.1, 0.15) is 36.2 Å². The van der Waals surface area contributed by atoms with Gasteiger partial charge < -0.3 is 10.4 Å². The summed E-state index contributed by atoms with van der Waals surface area (Å²) in [6.45, 7) is 0.418. The van der Waals surface area contributed by atoms with Crippen molar-refractivity contribution < 1.29 is 14.7 Å². The molecule has 1 aromatic rings. The highest BCUT2D eigenvalue weighted by Gasteiger charge is 2.30. The van der Waals surface area contributed by atoms with E-state index in [0.717, 1.165) is 19.3 Å². The fourth-order valence-electron chi connectivity index (χ4n) is 2.69. The van der Waals surface area contributed by atoms with Crippen molar-refractivity contribution in [2.24, 2.45) is 18.9 Å². The van der Waals surface area contributed by atoms with Crippen molar-refractivity contribution in [3.05, 3.63) is 18.0 Å². The second-order valence-electron chi connectivity index (χ2n) is 5.04. The molecule has 0 radical (unpaired) electrons. The monoisotopic (exact) mass is 265 g/mol. The highest BCUT2D eigenvalue weighted by Crippen LogP contribution is 2.29. The van der Waals surface area contributed by atoms with Crippen LogP contribution in [0.5, 0.6) is 0 Å². The zero-order valence-corrected chi connectivity index (χ0v) is 11.0. The molecule has 1 amide bonds. The number of carboxylic acid groups (broad SMARTS) is 1. The first-order valence-corrected chi connectivity index (χ1v) is 6.58. The molecule has 1 aliphatic rings. The van der Waals surface area contributed by atoms with Crippen LogP contribution >= 0.6 is 0 Å². The lowest BCUT2D eigenvalue weighted by Crippen LogP contribution is -2.37. The van der Waals surface area contributed by atoms with Gasteiger partial charge in [-0.15, -0.1) is 0 Å². The lowest BCUT2D eigenvalue weighted by molar-refractivity contribution is -0.144. The molecular formula is C13H19N3O3. The summed E-state index contributed by atoms with van der Waals surface area (Å²) in [4.78, 5) is 23.1. The van der Waals surface area contributed by atoms with Gasteiger partial charge in [0.15, 0.2) is 0 Å². The number of rotatable bonds is 4. The quantitative estimate of drug-likeness (QED) is 0.852. The third-order valence-electron chi connectivity index (χ3n) is 3.80. The van der Waals surface area contributed by atoms with Gasteiger partial charge in [-0.3, -0.25) is 14.3 Å². The van der Waals surface area contributed by atoms with E-state index in [1.54, 1.807) is 19.3 Å². The number of amides is 1. The van der Waals surface area contributed by atoms with Crippen molar-refractivity contribution >= 4 is 11.9 Å². The van der Waals surface area contributed by atoms with Gasteiger partial charge in [-0.25, -0.2) is 0 Å². The maximum absolute atomic E-state index is 11.9. The molecule has 1 fully saturated rings. The van der Waals surface area contributed by atoms with E-state index in [1.807, 2.05) is 0 Å². The summed E-state index contributed by atoms with van der Waals surface area (Å²) in [7, 11) is 1.70. The number of hydrogen-bond donors (Lipinski definition) is 2. The van der Waals surface area contributed by atoms with Crippen LogP contribution in [0, 0.1) is 11.8 Å². The molecule has 1 heterocycles. The minimum absolute atomic E-state index is 0.0310. The topological polar surface area (TPSA) is 84.2 Å². The average molecular weight is 265 g/mol. The van der Waals surface area contributed by atoms with E-state index < -0.39 is 5.97 Å². The summed E-state index contributed by atoms with van der Waals surface area (Å²) in [5.74, 6) is -1.25. The third kappa shape index (κ3) is 3.13. The molecular weight excluding hydrogens is 246 g/mol.